The molecule has 0 aliphatic heterocycles. The molecule has 102 valence electrons. The highest BCUT2D eigenvalue weighted by atomic mass is 35.5. The summed E-state index contributed by atoms with van der Waals surface area (Å²) in [5.74, 6) is -0.540. The van der Waals surface area contributed by atoms with Gasteiger partial charge < -0.3 is 10.6 Å². The summed E-state index contributed by atoms with van der Waals surface area (Å²) in [5, 5.41) is 5.56. The first-order valence-electron chi connectivity index (χ1n) is 6.00. The van der Waals surface area contributed by atoms with Crippen LogP contribution < -0.4 is 10.6 Å². The van der Waals surface area contributed by atoms with Crippen molar-refractivity contribution in [2.24, 2.45) is 0 Å². The largest absolute Gasteiger partial charge is 0.355 e. The summed E-state index contributed by atoms with van der Waals surface area (Å²) in [6.45, 7) is 0. The minimum absolute atomic E-state index is 0.240. The van der Waals surface area contributed by atoms with Gasteiger partial charge in [-0.25, -0.2) is 0 Å². The molecular formula is C15H13ClN2O2. The average Bonchev–Trinajstić information content (AvgIpc) is 2.49. The van der Waals surface area contributed by atoms with E-state index in [1.54, 1.807) is 42.5 Å². The van der Waals surface area contributed by atoms with Crippen molar-refractivity contribution < 1.29 is 9.59 Å². The van der Waals surface area contributed by atoms with E-state index in [1.807, 2.05) is 6.07 Å². The van der Waals surface area contributed by atoms with E-state index in [9.17, 15) is 9.59 Å². The zero-order valence-electron chi connectivity index (χ0n) is 10.8. The molecule has 0 spiro atoms. The zero-order valence-corrected chi connectivity index (χ0v) is 11.6. The van der Waals surface area contributed by atoms with Crippen LogP contribution in [0.1, 0.15) is 20.7 Å². The Kier molecular flexibility index (Phi) is 4.38. The SMILES string of the molecule is CNC(=O)c1cc(NC(=O)c2ccccc2)ccc1Cl. The fourth-order valence-corrected chi connectivity index (χ4v) is 1.91. The molecular weight excluding hydrogens is 276 g/mol. The van der Waals surface area contributed by atoms with Gasteiger partial charge in [-0.2, -0.15) is 0 Å². The lowest BCUT2D eigenvalue weighted by Crippen LogP contribution is -2.19. The standard InChI is InChI=1S/C15H13ClN2O2/c1-17-15(20)12-9-11(7-8-13(12)16)18-14(19)10-5-3-2-4-6-10/h2-9H,1H3,(H,17,20)(H,18,19). The average molecular weight is 289 g/mol. The summed E-state index contributed by atoms with van der Waals surface area (Å²) in [6, 6.07) is 13.6. The quantitative estimate of drug-likeness (QED) is 0.912. The maximum atomic E-state index is 12.0. The number of rotatable bonds is 3. The molecule has 0 fully saturated rings. The molecule has 20 heavy (non-hydrogen) atoms. The fourth-order valence-electron chi connectivity index (χ4n) is 1.70. The van der Waals surface area contributed by atoms with Crippen molar-refractivity contribution in [3.8, 4) is 0 Å². The lowest BCUT2D eigenvalue weighted by molar-refractivity contribution is 0.0961. The molecule has 2 rings (SSSR count). The van der Waals surface area contributed by atoms with Gasteiger partial charge in [0.15, 0.2) is 0 Å². The second kappa shape index (κ2) is 6.21. The molecule has 0 saturated carbocycles. The monoisotopic (exact) mass is 288 g/mol. The van der Waals surface area contributed by atoms with E-state index in [2.05, 4.69) is 10.6 Å². The Morgan fingerprint density at radius 1 is 1.00 bits per heavy atom. The number of hydrogen-bond acceptors (Lipinski definition) is 2. The molecule has 0 radical (unpaired) electrons. The van der Waals surface area contributed by atoms with Crippen LogP contribution in [0.25, 0.3) is 0 Å². The third-order valence-electron chi connectivity index (χ3n) is 2.73. The summed E-state index contributed by atoms with van der Waals surface area (Å²) in [6.07, 6.45) is 0. The van der Waals surface area contributed by atoms with E-state index in [4.69, 9.17) is 11.6 Å². The molecule has 0 aromatic heterocycles. The van der Waals surface area contributed by atoms with Crippen molar-refractivity contribution in [2.45, 2.75) is 0 Å². The van der Waals surface area contributed by atoms with Gasteiger partial charge in [0.2, 0.25) is 0 Å². The van der Waals surface area contributed by atoms with E-state index in [0.717, 1.165) is 0 Å². The van der Waals surface area contributed by atoms with Gasteiger partial charge in [0.1, 0.15) is 0 Å². The Morgan fingerprint density at radius 3 is 2.35 bits per heavy atom. The lowest BCUT2D eigenvalue weighted by atomic mass is 10.1. The van der Waals surface area contributed by atoms with Crippen LogP contribution in [0.5, 0.6) is 0 Å². The molecule has 0 aliphatic carbocycles. The molecule has 0 saturated heterocycles. The molecule has 0 aliphatic rings. The van der Waals surface area contributed by atoms with Crippen molar-refractivity contribution in [2.75, 3.05) is 12.4 Å². The van der Waals surface area contributed by atoms with Crippen LogP contribution >= 0.6 is 11.6 Å². The maximum Gasteiger partial charge on any atom is 0.255 e. The number of carbonyl (C=O) groups excluding carboxylic acids is 2. The molecule has 0 atom stereocenters. The normalized spacial score (nSPS) is 9.90. The number of benzene rings is 2. The van der Waals surface area contributed by atoms with E-state index < -0.39 is 0 Å². The predicted molar refractivity (Wildman–Crippen MR) is 79.2 cm³/mol. The van der Waals surface area contributed by atoms with Gasteiger partial charge in [-0.3, -0.25) is 9.59 Å². The van der Waals surface area contributed by atoms with Crippen LogP contribution in [0.2, 0.25) is 5.02 Å². The third kappa shape index (κ3) is 3.16. The topological polar surface area (TPSA) is 58.2 Å². The van der Waals surface area contributed by atoms with Gasteiger partial charge in [-0.05, 0) is 30.3 Å². The lowest BCUT2D eigenvalue weighted by Gasteiger charge is -2.08. The first-order chi connectivity index (χ1) is 9.61. The van der Waals surface area contributed by atoms with Crippen LogP contribution in [-0.2, 0) is 0 Å². The second-order valence-electron chi connectivity index (χ2n) is 4.09. The van der Waals surface area contributed by atoms with Crippen molar-refractivity contribution >= 4 is 29.1 Å². The van der Waals surface area contributed by atoms with E-state index in [-0.39, 0.29) is 11.8 Å². The number of anilines is 1. The summed E-state index contributed by atoms with van der Waals surface area (Å²) in [5.41, 5.74) is 1.38. The van der Waals surface area contributed by atoms with Crippen LogP contribution in [0.3, 0.4) is 0 Å². The van der Waals surface area contributed by atoms with Gasteiger partial charge in [-0.15, -0.1) is 0 Å². The van der Waals surface area contributed by atoms with Crippen LogP contribution in [0.4, 0.5) is 5.69 Å². The Balaban J connectivity index is 2.22. The Labute approximate surface area is 121 Å². The molecule has 0 bridgehead atoms. The maximum absolute atomic E-state index is 12.0. The minimum atomic E-state index is -0.300. The van der Waals surface area contributed by atoms with Gasteiger partial charge in [-0.1, -0.05) is 29.8 Å². The van der Waals surface area contributed by atoms with E-state index in [1.165, 1.54) is 7.05 Å². The minimum Gasteiger partial charge on any atom is -0.355 e. The summed E-state index contributed by atoms with van der Waals surface area (Å²) < 4.78 is 0. The van der Waals surface area contributed by atoms with Crippen LogP contribution in [-0.4, -0.2) is 18.9 Å². The molecule has 2 aromatic carbocycles. The molecule has 0 unspecified atom stereocenters. The van der Waals surface area contributed by atoms with Crippen LogP contribution in [0, 0.1) is 0 Å². The van der Waals surface area contributed by atoms with E-state index >= 15 is 0 Å². The Morgan fingerprint density at radius 2 is 1.70 bits per heavy atom. The predicted octanol–water partition coefficient (Wildman–Crippen LogP) is 2.95. The number of halogens is 1. The van der Waals surface area contributed by atoms with Gasteiger partial charge in [0.05, 0.1) is 10.6 Å². The molecule has 0 heterocycles. The Hall–Kier alpha value is -2.33. The van der Waals surface area contributed by atoms with Crippen molar-refractivity contribution in [1.82, 2.24) is 5.32 Å². The highest BCUT2D eigenvalue weighted by molar-refractivity contribution is 6.34. The second-order valence-corrected chi connectivity index (χ2v) is 4.50. The molecule has 2 N–H and O–H groups in total. The zero-order chi connectivity index (χ0) is 14.5. The first-order valence-corrected chi connectivity index (χ1v) is 6.37. The number of carbonyl (C=O) groups is 2. The first kappa shape index (κ1) is 14.1. The Bertz CT molecular complexity index is 642. The van der Waals surface area contributed by atoms with Crippen LogP contribution in [0.15, 0.2) is 48.5 Å². The number of hydrogen-bond donors (Lipinski definition) is 2. The third-order valence-corrected chi connectivity index (χ3v) is 3.06. The van der Waals surface area contributed by atoms with Gasteiger partial charge in [0.25, 0.3) is 11.8 Å². The highest BCUT2D eigenvalue weighted by Crippen LogP contribution is 2.21. The van der Waals surface area contributed by atoms with Crippen molar-refractivity contribution in [3.05, 3.63) is 64.7 Å². The fraction of sp³-hybridized carbons (Fsp3) is 0.0667. The molecule has 4 nitrogen and oxygen atoms in total. The van der Waals surface area contributed by atoms with Crippen molar-refractivity contribution in [1.29, 1.82) is 0 Å². The van der Waals surface area contributed by atoms with Gasteiger partial charge in [0, 0.05) is 18.3 Å². The summed E-state index contributed by atoms with van der Waals surface area (Å²) in [4.78, 5) is 23.6. The molecule has 5 heteroatoms. The smallest absolute Gasteiger partial charge is 0.255 e. The van der Waals surface area contributed by atoms with Gasteiger partial charge >= 0.3 is 0 Å². The van der Waals surface area contributed by atoms with Crippen molar-refractivity contribution in [3.63, 3.8) is 0 Å². The summed E-state index contributed by atoms with van der Waals surface area (Å²) in [7, 11) is 1.52. The molecule has 2 aromatic rings. The highest BCUT2D eigenvalue weighted by Gasteiger charge is 2.11. The number of amides is 2. The molecule has 2 amide bonds. The number of nitrogens with one attached hydrogen (secondary N) is 2. The summed E-state index contributed by atoms with van der Waals surface area (Å²) >= 11 is 5.95. The van der Waals surface area contributed by atoms with E-state index in [0.29, 0.717) is 21.8 Å².